The first-order chi connectivity index (χ1) is 5.77. The number of carboxylic acid groups (broad SMARTS) is 1. The van der Waals surface area contributed by atoms with Gasteiger partial charge >= 0.3 is 25.8 Å². The minimum atomic E-state index is -0.913. The van der Waals surface area contributed by atoms with Gasteiger partial charge in [-0.2, -0.15) is 0 Å². The molecular weight excluding hydrogens is 299 g/mol. The van der Waals surface area contributed by atoms with Crippen LogP contribution in [0.1, 0.15) is 58.3 Å². The number of hydrogen-bond acceptors (Lipinski definition) is 4. The molecule has 0 unspecified atom stereocenters. The summed E-state index contributed by atoms with van der Waals surface area (Å²) >= 11 is 0. The summed E-state index contributed by atoms with van der Waals surface area (Å²) in [5.74, 6) is -0.913. The molecule has 0 saturated heterocycles. The fraction of sp³-hybridized carbons (Fsp3) is 0.900. The largest absolute Gasteiger partial charge is 3.00 e. The molecule has 0 aliphatic carbocycles. The molecule has 0 heterocycles. The molecule has 4 nitrogen and oxygen atoms in total. The first-order valence-electron chi connectivity index (χ1n) is 4.97. The van der Waals surface area contributed by atoms with Crippen LogP contribution < -0.4 is 5.11 Å². The maximum Gasteiger partial charge on any atom is 3.00 e. The molecule has 15 heavy (non-hydrogen) atoms. The quantitative estimate of drug-likeness (QED) is 0.626. The van der Waals surface area contributed by atoms with E-state index in [0.29, 0.717) is 0 Å². The molecule has 0 aromatic rings. The van der Waals surface area contributed by atoms with Gasteiger partial charge in [0.15, 0.2) is 0 Å². The van der Waals surface area contributed by atoms with E-state index in [9.17, 15) is 9.90 Å². The topological polar surface area (TPSA) is 100 Å². The van der Waals surface area contributed by atoms with Crippen molar-refractivity contribution < 1.29 is 20.9 Å². The Kier molecular flexibility index (Phi) is 32.3. The van der Waals surface area contributed by atoms with Gasteiger partial charge in [0, 0.05) is 5.97 Å². The summed E-state index contributed by atoms with van der Waals surface area (Å²) in [6.45, 7) is 2.19. The van der Waals surface area contributed by atoms with E-state index in [1.807, 2.05) is 0 Å². The Labute approximate surface area is 111 Å². The molecule has 2 N–H and O–H groups in total. The molecule has 0 saturated carbocycles. The van der Waals surface area contributed by atoms with E-state index in [4.69, 9.17) is 0 Å². The average Bonchev–Trinajstić information content (AvgIpc) is 2.02. The molecule has 5 heteroatoms. The smallest absolute Gasteiger partial charge is 0.870 e. The zero-order valence-electron chi connectivity index (χ0n) is 9.45. The number of carbonyl (C=O) groups excluding carboxylic acids is 1. The SMILES string of the molecule is CCCCCCCCCC(=O)[O-].[In+3].[OH-].[OH-]. The number of carboxylic acids is 1. The van der Waals surface area contributed by atoms with Gasteiger partial charge in [0.1, 0.15) is 0 Å². The molecule has 0 amide bonds. The van der Waals surface area contributed by atoms with Crippen molar-refractivity contribution in [2.24, 2.45) is 0 Å². The van der Waals surface area contributed by atoms with Crippen LogP contribution in [0.2, 0.25) is 0 Å². The van der Waals surface area contributed by atoms with Crippen LogP contribution in [-0.4, -0.2) is 42.8 Å². The number of aliphatic carboxylic acids is 1. The van der Waals surface area contributed by atoms with Gasteiger partial charge in [0.25, 0.3) is 0 Å². The van der Waals surface area contributed by atoms with Gasteiger partial charge in [-0.1, -0.05) is 45.4 Å². The summed E-state index contributed by atoms with van der Waals surface area (Å²) in [5.41, 5.74) is 0. The third-order valence-corrected chi connectivity index (χ3v) is 1.98. The zero-order chi connectivity index (χ0) is 9.23. The second kappa shape index (κ2) is 19.8. The van der Waals surface area contributed by atoms with Crippen molar-refractivity contribution >= 4 is 31.8 Å². The van der Waals surface area contributed by atoms with Crippen molar-refractivity contribution in [1.82, 2.24) is 0 Å². The molecule has 0 atom stereocenters. The Morgan fingerprint density at radius 3 is 1.73 bits per heavy atom. The van der Waals surface area contributed by atoms with Crippen LogP contribution in [0.25, 0.3) is 0 Å². The molecule has 0 aromatic heterocycles. The molecular formula is C10H21InO4. The summed E-state index contributed by atoms with van der Waals surface area (Å²) in [6.07, 6.45) is 8.34. The van der Waals surface area contributed by atoms with Crippen LogP contribution in [0.5, 0.6) is 0 Å². The van der Waals surface area contributed by atoms with E-state index in [2.05, 4.69) is 6.92 Å². The standard InChI is InChI=1S/C10H20O2.In.2H2O/c1-2-3-4-5-6-7-8-9-10(11)12;;;/h2-9H2,1H3,(H,11,12);;2*1H2/q;+3;;/p-3. The number of hydrogen-bond donors (Lipinski definition) is 0. The fourth-order valence-electron chi connectivity index (χ4n) is 1.23. The monoisotopic (exact) mass is 320 g/mol. The number of rotatable bonds is 8. The second-order valence-corrected chi connectivity index (χ2v) is 3.24. The van der Waals surface area contributed by atoms with Gasteiger partial charge in [-0.3, -0.25) is 0 Å². The van der Waals surface area contributed by atoms with Crippen molar-refractivity contribution in [3.8, 4) is 0 Å². The van der Waals surface area contributed by atoms with Crippen LogP contribution in [0.4, 0.5) is 0 Å². The van der Waals surface area contributed by atoms with Crippen molar-refractivity contribution in [2.45, 2.75) is 58.3 Å². The van der Waals surface area contributed by atoms with Gasteiger partial charge in [-0.25, -0.2) is 0 Å². The molecule has 0 fully saturated rings. The predicted octanol–water partition coefficient (Wildman–Crippen LogP) is 1.14. The summed E-state index contributed by atoms with van der Waals surface area (Å²) in [6, 6.07) is 0. The Hall–Kier alpha value is 0.260. The molecule has 88 valence electrons. The van der Waals surface area contributed by atoms with Crippen molar-refractivity contribution in [2.75, 3.05) is 0 Å². The van der Waals surface area contributed by atoms with Crippen LogP contribution in [0.15, 0.2) is 0 Å². The van der Waals surface area contributed by atoms with Crippen LogP contribution >= 0.6 is 0 Å². The summed E-state index contributed by atoms with van der Waals surface area (Å²) < 4.78 is 0. The van der Waals surface area contributed by atoms with E-state index in [1.165, 1.54) is 32.1 Å². The summed E-state index contributed by atoms with van der Waals surface area (Å²) in [7, 11) is 0. The molecule has 0 spiro atoms. The molecule has 0 bridgehead atoms. The Morgan fingerprint density at radius 2 is 1.33 bits per heavy atom. The third kappa shape index (κ3) is 25.0. The van der Waals surface area contributed by atoms with E-state index in [0.717, 1.165) is 12.8 Å². The third-order valence-electron chi connectivity index (χ3n) is 1.98. The maximum absolute atomic E-state index is 10.0. The minimum absolute atomic E-state index is 0. The zero-order valence-corrected chi connectivity index (χ0v) is 12.7. The van der Waals surface area contributed by atoms with Crippen molar-refractivity contribution in [1.29, 1.82) is 0 Å². The van der Waals surface area contributed by atoms with E-state index in [1.54, 1.807) is 0 Å². The van der Waals surface area contributed by atoms with Crippen LogP contribution in [0, 0.1) is 0 Å². The predicted molar refractivity (Wildman–Crippen MR) is 57.2 cm³/mol. The fourth-order valence-corrected chi connectivity index (χ4v) is 1.23. The molecule has 0 aromatic carbocycles. The normalized spacial score (nSPS) is 8.07. The van der Waals surface area contributed by atoms with E-state index in [-0.39, 0.29) is 43.2 Å². The van der Waals surface area contributed by atoms with Crippen LogP contribution in [0.3, 0.4) is 0 Å². The van der Waals surface area contributed by atoms with Crippen molar-refractivity contribution in [3.63, 3.8) is 0 Å². The van der Waals surface area contributed by atoms with Crippen LogP contribution in [-0.2, 0) is 4.79 Å². The summed E-state index contributed by atoms with van der Waals surface area (Å²) in [5, 5.41) is 10.0. The van der Waals surface area contributed by atoms with Gasteiger partial charge in [-0.05, 0) is 12.8 Å². The Balaban J connectivity index is -0.000000202. The number of unbranched alkanes of at least 4 members (excludes halogenated alkanes) is 6. The van der Waals surface area contributed by atoms with E-state index >= 15 is 0 Å². The van der Waals surface area contributed by atoms with E-state index < -0.39 is 5.97 Å². The molecule has 0 rings (SSSR count). The average molecular weight is 320 g/mol. The first kappa shape index (κ1) is 24.5. The van der Waals surface area contributed by atoms with Gasteiger partial charge in [0.2, 0.25) is 0 Å². The van der Waals surface area contributed by atoms with Crippen molar-refractivity contribution in [3.05, 3.63) is 0 Å². The molecule has 0 aliphatic heterocycles. The van der Waals surface area contributed by atoms with Gasteiger partial charge < -0.3 is 20.9 Å². The van der Waals surface area contributed by atoms with Gasteiger partial charge in [0.05, 0.1) is 0 Å². The Bertz CT molecular complexity index is 120. The molecule has 0 aliphatic rings. The maximum atomic E-state index is 10.0. The Morgan fingerprint density at radius 1 is 0.933 bits per heavy atom. The minimum Gasteiger partial charge on any atom is -0.870 e. The summed E-state index contributed by atoms with van der Waals surface area (Å²) in [4.78, 5) is 10.0. The number of carbonyl (C=O) groups is 1. The second-order valence-electron chi connectivity index (χ2n) is 3.24. The van der Waals surface area contributed by atoms with Gasteiger partial charge in [-0.15, -0.1) is 0 Å². The molecule has 0 radical (unpaired) electrons. The first-order valence-corrected chi connectivity index (χ1v) is 4.97.